The smallest absolute Gasteiger partial charge is 0.414 e. The van der Waals surface area contributed by atoms with Crippen molar-refractivity contribution >= 4 is 33.9 Å². The second-order valence-corrected chi connectivity index (χ2v) is 7.22. The van der Waals surface area contributed by atoms with Crippen LogP contribution in [0, 0.1) is 6.92 Å². The number of benzene rings is 1. The number of anilines is 3. The van der Waals surface area contributed by atoms with Crippen molar-refractivity contribution in [3.8, 4) is 11.3 Å². The van der Waals surface area contributed by atoms with Gasteiger partial charge in [-0.05, 0) is 19.1 Å². The zero-order chi connectivity index (χ0) is 19.5. The molecule has 1 aromatic carbocycles. The zero-order valence-electron chi connectivity index (χ0n) is 15.7. The Balaban J connectivity index is 1.46. The van der Waals surface area contributed by atoms with Crippen LogP contribution < -0.4 is 10.2 Å². The summed E-state index contributed by atoms with van der Waals surface area (Å²) in [5.74, 6) is 0. The number of methoxy groups -OCH3 is 1. The van der Waals surface area contributed by atoms with E-state index in [0.717, 1.165) is 33.5 Å². The highest BCUT2D eigenvalue weighted by molar-refractivity contribution is 7.14. The molecule has 8 nitrogen and oxygen atoms in total. The monoisotopic (exact) mass is 399 g/mol. The maximum absolute atomic E-state index is 11.7. The first-order chi connectivity index (χ1) is 13.6. The van der Waals surface area contributed by atoms with E-state index in [4.69, 9.17) is 9.47 Å². The van der Waals surface area contributed by atoms with Gasteiger partial charge < -0.3 is 14.8 Å². The predicted molar refractivity (Wildman–Crippen MR) is 108 cm³/mol. The van der Waals surface area contributed by atoms with E-state index in [2.05, 4.69) is 15.4 Å². The summed E-state index contributed by atoms with van der Waals surface area (Å²) >= 11 is 1.54. The minimum absolute atomic E-state index is 0.297. The molecule has 1 amide bonds. The van der Waals surface area contributed by atoms with E-state index >= 15 is 0 Å². The van der Waals surface area contributed by atoms with Crippen LogP contribution in [0.4, 0.5) is 21.3 Å². The summed E-state index contributed by atoms with van der Waals surface area (Å²) in [6, 6.07) is 7.76. The van der Waals surface area contributed by atoms with Gasteiger partial charge >= 0.3 is 6.09 Å². The van der Waals surface area contributed by atoms with Gasteiger partial charge in [-0.15, -0.1) is 11.3 Å². The van der Waals surface area contributed by atoms with Crippen LogP contribution in [-0.2, 0) is 16.0 Å². The number of hydrogen-bond acceptors (Lipinski definition) is 7. The van der Waals surface area contributed by atoms with E-state index in [1.54, 1.807) is 12.0 Å². The summed E-state index contributed by atoms with van der Waals surface area (Å²) in [6.07, 6.45) is 1.66. The van der Waals surface area contributed by atoms with Crippen molar-refractivity contribution in [2.45, 2.75) is 13.5 Å². The first-order valence-corrected chi connectivity index (χ1v) is 9.82. The predicted octanol–water partition coefficient (Wildman–Crippen LogP) is 3.66. The van der Waals surface area contributed by atoms with Gasteiger partial charge in [-0.1, -0.05) is 12.1 Å². The topological polar surface area (TPSA) is 81.5 Å². The Morgan fingerprint density at radius 2 is 2.14 bits per heavy atom. The molecule has 0 aliphatic carbocycles. The molecule has 0 unspecified atom stereocenters. The minimum Gasteiger partial charge on any atom is -0.447 e. The van der Waals surface area contributed by atoms with Crippen LogP contribution >= 0.6 is 11.3 Å². The van der Waals surface area contributed by atoms with E-state index in [1.165, 1.54) is 11.3 Å². The van der Waals surface area contributed by atoms with Crippen LogP contribution in [0.1, 0.15) is 5.69 Å². The summed E-state index contributed by atoms with van der Waals surface area (Å²) in [7, 11) is 1.68. The Kier molecular flexibility index (Phi) is 5.27. The van der Waals surface area contributed by atoms with Gasteiger partial charge in [-0.3, -0.25) is 9.58 Å². The lowest BCUT2D eigenvalue weighted by atomic mass is 10.1. The third-order valence-corrected chi connectivity index (χ3v) is 5.21. The normalized spacial score (nSPS) is 13.8. The van der Waals surface area contributed by atoms with Crippen molar-refractivity contribution in [3.05, 3.63) is 41.5 Å². The highest BCUT2D eigenvalue weighted by Gasteiger charge is 2.23. The Bertz CT molecular complexity index is 966. The third-order valence-electron chi connectivity index (χ3n) is 4.45. The van der Waals surface area contributed by atoms with Gasteiger partial charge in [0.25, 0.3) is 0 Å². The SMILES string of the molecule is COCCn1cc(Nc2nc(-c3ccc(N4CCOC4=O)cc3)cs2)c(C)n1. The molecule has 4 rings (SSSR count). The average molecular weight is 399 g/mol. The Morgan fingerprint density at radius 3 is 2.86 bits per heavy atom. The number of carbonyl (C=O) groups is 1. The minimum atomic E-state index is -0.297. The number of amides is 1. The number of carbonyl (C=O) groups excluding carboxylic acids is 1. The van der Waals surface area contributed by atoms with E-state index < -0.39 is 0 Å². The van der Waals surface area contributed by atoms with Crippen LogP contribution in [0.25, 0.3) is 11.3 Å². The molecule has 0 bridgehead atoms. The van der Waals surface area contributed by atoms with Gasteiger partial charge in [0.15, 0.2) is 5.13 Å². The molecule has 1 saturated heterocycles. The van der Waals surface area contributed by atoms with Gasteiger partial charge in [0, 0.05) is 29.9 Å². The molecule has 0 atom stereocenters. The molecule has 0 saturated carbocycles. The number of aryl methyl sites for hydroxylation is 1. The molecule has 2 aromatic heterocycles. The summed E-state index contributed by atoms with van der Waals surface area (Å²) in [5.41, 5.74) is 4.55. The average Bonchev–Trinajstić information content (AvgIpc) is 3.42. The van der Waals surface area contributed by atoms with Crippen molar-refractivity contribution in [3.63, 3.8) is 0 Å². The largest absolute Gasteiger partial charge is 0.447 e. The second kappa shape index (κ2) is 7.99. The number of hydrogen-bond donors (Lipinski definition) is 1. The van der Waals surface area contributed by atoms with Gasteiger partial charge in [0.2, 0.25) is 0 Å². The number of rotatable bonds is 7. The molecule has 1 N–H and O–H groups in total. The Labute approximate surface area is 166 Å². The number of aromatic nitrogens is 3. The number of thiazole rings is 1. The van der Waals surface area contributed by atoms with Crippen molar-refractivity contribution in [2.24, 2.45) is 0 Å². The summed E-state index contributed by atoms with van der Waals surface area (Å²) < 4.78 is 11.9. The van der Waals surface area contributed by atoms with Gasteiger partial charge in [-0.2, -0.15) is 5.10 Å². The molecule has 3 heterocycles. The van der Waals surface area contributed by atoms with Crippen LogP contribution in [0.3, 0.4) is 0 Å². The molecule has 28 heavy (non-hydrogen) atoms. The number of ether oxygens (including phenoxy) is 2. The molecule has 3 aromatic rings. The lowest BCUT2D eigenvalue weighted by Gasteiger charge is -2.12. The Morgan fingerprint density at radius 1 is 1.32 bits per heavy atom. The first-order valence-electron chi connectivity index (χ1n) is 8.94. The highest BCUT2D eigenvalue weighted by Crippen LogP contribution is 2.29. The number of nitrogens with zero attached hydrogens (tertiary/aromatic N) is 4. The lowest BCUT2D eigenvalue weighted by Crippen LogP contribution is -2.23. The number of nitrogens with one attached hydrogen (secondary N) is 1. The molecule has 1 fully saturated rings. The van der Waals surface area contributed by atoms with Crippen LogP contribution in [0.15, 0.2) is 35.8 Å². The Hall–Kier alpha value is -2.91. The van der Waals surface area contributed by atoms with Crippen LogP contribution in [-0.4, -0.2) is 47.7 Å². The molecule has 1 aliphatic heterocycles. The van der Waals surface area contributed by atoms with Crippen molar-refractivity contribution in [1.82, 2.24) is 14.8 Å². The molecule has 0 spiro atoms. The van der Waals surface area contributed by atoms with E-state index in [0.29, 0.717) is 26.3 Å². The van der Waals surface area contributed by atoms with E-state index in [9.17, 15) is 4.79 Å². The summed E-state index contributed by atoms with van der Waals surface area (Å²) in [4.78, 5) is 18.0. The summed E-state index contributed by atoms with van der Waals surface area (Å²) in [6.45, 7) is 4.30. The second-order valence-electron chi connectivity index (χ2n) is 6.36. The van der Waals surface area contributed by atoms with Crippen molar-refractivity contribution in [2.75, 3.05) is 37.1 Å². The van der Waals surface area contributed by atoms with Crippen LogP contribution in [0.2, 0.25) is 0 Å². The van der Waals surface area contributed by atoms with Gasteiger partial charge in [0.05, 0.1) is 36.8 Å². The molecule has 1 aliphatic rings. The van der Waals surface area contributed by atoms with Crippen molar-refractivity contribution < 1.29 is 14.3 Å². The fourth-order valence-corrected chi connectivity index (χ4v) is 3.69. The third kappa shape index (κ3) is 3.85. The highest BCUT2D eigenvalue weighted by atomic mass is 32.1. The molecular formula is C19H21N5O3S. The maximum atomic E-state index is 11.7. The first kappa shape index (κ1) is 18.5. The van der Waals surface area contributed by atoms with Crippen molar-refractivity contribution in [1.29, 1.82) is 0 Å². The van der Waals surface area contributed by atoms with Crippen LogP contribution in [0.5, 0.6) is 0 Å². The maximum Gasteiger partial charge on any atom is 0.414 e. The summed E-state index contributed by atoms with van der Waals surface area (Å²) in [5, 5.41) is 10.6. The van der Waals surface area contributed by atoms with Gasteiger partial charge in [0.1, 0.15) is 6.61 Å². The number of cyclic esters (lactones) is 1. The standard InChI is InChI=1S/C19H21N5O3S/c1-13-16(11-23(22-13)7-9-26-2)20-18-21-17(12-28-18)14-3-5-15(6-4-14)24-8-10-27-19(24)25/h3-6,11-12H,7-10H2,1-2H3,(H,20,21). The quantitative estimate of drug-likeness (QED) is 0.653. The van der Waals surface area contributed by atoms with E-state index in [1.807, 2.05) is 47.4 Å². The molecule has 9 heteroatoms. The molecular weight excluding hydrogens is 378 g/mol. The fraction of sp³-hybridized carbons (Fsp3) is 0.316. The molecule has 0 radical (unpaired) electrons. The zero-order valence-corrected chi connectivity index (χ0v) is 16.5. The fourth-order valence-electron chi connectivity index (χ4n) is 2.96. The lowest BCUT2D eigenvalue weighted by molar-refractivity contribution is 0.181. The van der Waals surface area contributed by atoms with Gasteiger partial charge in [-0.25, -0.2) is 9.78 Å². The van der Waals surface area contributed by atoms with E-state index in [-0.39, 0.29) is 6.09 Å². The molecule has 146 valence electrons.